The molecule has 1 aliphatic carbocycles. The highest BCUT2D eigenvalue weighted by Gasteiger charge is 2.67. The highest BCUT2D eigenvalue weighted by atomic mass is 35.5. The second-order valence-electron chi connectivity index (χ2n) is 6.79. The SMILES string of the molecule is CCCC(=O)c1cc(NC(=O)C2C(c3ccc(F)c(Cl)c3)C2(Cl)Cl)cc(Cl)c1F. The molecule has 1 aliphatic rings. The highest BCUT2D eigenvalue weighted by molar-refractivity contribution is 6.53. The molecule has 2 aromatic rings. The molecular weight excluding hydrogens is 466 g/mol. The summed E-state index contributed by atoms with van der Waals surface area (Å²) in [7, 11) is 0. The highest BCUT2D eigenvalue weighted by Crippen LogP contribution is 2.65. The first-order valence-electron chi connectivity index (χ1n) is 8.73. The Bertz CT molecular complexity index is 997. The molecule has 0 spiro atoms. The summed E-state index contributed by atoms with van der Waals surface area (Å²) < 4.78 is 26.2. The topological polar surface area (TPSA) is 46.2 Å². The molecule has 0 aromatic heterocycles. The van der Waals surface area contributed by atoms with Crippen LogP contribution in [0.2, 0.25) is 10.0 Å². The number of Topliss-reactive ketones (excluding diaryl/α,β-unsaturated/α-hetero) is 1. The van der Waals surface area contributed by atoms with Gasteiger partial charge in [-0.15, -0.1) is 23.2 Å². The summed E-state index contributed by atoms with van der Waals surface area (Å²) in [5.74, 6) is -3.87. The van der Waals surface area contributed by atoms with Crippen molar-refractivity contribution in [3.63, 3.8) is 0 Å². The number of carbonyl (C=O) groups is 2. The second-order valence-corrected chi connectivity index (χ2v) is 9.04. The third kappa shape index (κ3) is 4.38. The molecule has 0 heterocycles. The number of rotatable bonds is 6. The van der Waals surface area contributed by atoms with E-state index in [-0.39, 0.29) is 27.7 Å². The van der Waals surface area contributed by atoms with E-state index in [1.54, 1.807) is 6.92 Å². The van der Waals surface area contributed by atoms with Gasteiger partial charge in [0.05, 0.1) is 21.5 Å². The Hall–Kier alpha value is -1.40. The zero-order valence-electron chi connectivity index (χ0n) is 15.0. The fourth-order valence-corrected chi connectivity index (χ4v) is 4.46. The van der Waals surface area contributed by atoms with E-state index >= 15 is 0 Å². The minimum atomic E-state index is -1.42. The average molecular weight is 481 g/mol. The predicted molar refractivity (Wildman–Crippen MR) is 111 cm³/mol. The molecule has 1 amide bonds. The molecule has 1 fully saturated rings. The van der Waals surface area contributed by atoms with Crippen LogP contribution in [-0.2, 0) is 4.79 Å². The van der Waals surface area contributed by atoms with Gasteiger partial charge in [0.25, 0.3) is 0 Å². The van der Waals surface area contributed by atoms with E-state index in [4.69, 9.17) is 46.4 Å². The van der Waals surface area contributed by atoms with Crippen LogP contribution in [0, 0.1) is 17.6 Å². The minimum Gasteiger partial charge on any atom is -0.326 e. The summed E-state index contributed by atoms with van der Waals surface area (Å²) in [5, 5.41) is 2.17. The standard InChI is InChI=1S/C20H15Cl4F2NO2/c1-2-3-15(28)11-7-10(8-13(22)18(11)26)27-19(29)17-16(20(17,23)24)9-4-5-14(25)12(21)6-9/h4-8,16-17H,2-3H2,1H3,(H,27,29). The maximum atomic E-state index is 14.2. The lowest BCUT2D eigenvalue weighted by molar-refractivity contribution is -0.117. The average Bonchev–Trinajstić information content (AvgIpc) is 3.22. The molecule has 1 N–H and O–H groups in total. The normalized spacial score (nSPS) is 19.7. The number of halogens is 6. The van der Waals surface area contributed by atoms with E-state index < -0.39 is 39.5 Å². The van der Waals surface area contributed by atoms with E-state index in [1.807, 2.05) is 0 Å². The molecule has 9 heteroatoms. The number of anilines is 1. The van der Waals surface area contributed by atoms with Crippen molar-refractivity contribution in [2.75, 3.05) is 5.32 Å². The van der Waals surface area contributed by atoms with E-state index in [0.717, 1.165) is 0 Å². The minimum absolute atomic E-state index is 0.109. The number of hydrogen-bond acceptors (Lipinski definition) is 2. The van der Waals surface area contributed by atoms with E-state index in [1.165, 1.54) is 30.3 Å². The Morgan fingerprint density at radius 1 is 1.10 bits per heavy atom. The number of benzene rings is 2. The Morgan fingerprint density at radius 3 is 2.41 bits per heavy atom. The summed E-state index contributed by atoms with van der Waals surface area (Å²) in [6, 6.07) is 6.42. The molecule has 0 radical (unpaired) electrons. The fourth-order valence-electron chi connectivity index (χ4n) is 3.22. The van der Waals surface area contributed by atoms with Crippen LogP contribution in [-0.4, -0.2) is 16.0 Å². The second kappa shape index (κ2) is 8.38. The summed E-state index contributed by atoms with van der Waals surface area (Å²) >= 11 is 24.2. The molecule has 2 atom stereocenters. The number of alkyl halides is 2. The molecule has 3 nitrogen and oxygen atoms in total. The number of carbonyl (C=O) groups excluding carboxylic acids is 2. The van der Waals surface area contributed by atoms with Gasteiger partial charge in [-0.05, 0) is 36.2 Å². The quantitative estimate of drug-likeness (QED) is 0.365. The van der Waals surface area contributed by atoms with Gasteiger partial charge in [-0.25, -0.2) is 8.78 Å². The Kier molecular flexibility index (Phi) is 6.44. The van der Waals surface area contributed by atoms with Crippen molar-refractivity contribution < 1.29 is 18.4 Å². The number of ketones is 1. The van der Waals surface area contributed by atoms with E-state index in [0.29, 0.717) is 12.0 Å². The van der Waals surface area contributed by atoms with Crippen LogP contribution in [0.25, 0.3) is 0 Å². The first-order chi connectivity index (χ1) is 13.6. The van der Waals surface area contributed by atoms with Crippen LogP contribution in [0.15, 0.2) is 30.3 Å². The van der Waals surface area contributed by atoms with Gasteiger partial charge in [0, 0.05) is 18.0 Å². The lowest BCUT2D eigenvalue weighted by Gasteiger charge is -2.10. The van der Waals surface area contributed by atoms with Crippen molar-refractivity contribution in [3.8, 4) is 0 Å². The van der Waals surface area contributed by atoms with Gasteiger partial charge < -0.3 is 5.32 Å². The summed E-state index contributed by atoms with van der Waals surface area (Å²) in [5.41, 5.74) is 0.459. The molecular formula is C20H15Cl4F2NO2. The molecule has 0 saturated heterocycles. The van der Waals surface area contributed by atoms with Crippen molar-refractivity contribution in [1.29, 1.82) is 0 Å². The fraction of sp³-hybridized carbons (Fsp3) is 0.300. The van der Waals surface area contributed by atoms with Crippen molar-refractivity contribution in [1.82, 2.24) is 0 Å². The van der Waals surface area contributed by atoms with Gasteiger partial charge in [-0.1, -0.05) is 36.2 Å². The van der Waals surface area contributed by atoms with E-state index in [2.05, 4.69) is 5.32 Å². The smallest absolute Gasteiger partial charge is 0.231 e. The molecule has 1 saturated carbocycles. The van der Waals surface area contributed by atoms with Gasteiger partial charge in [-0.3, -0.25) is 9.59 Å². The predicted octanol–water partition coefficient (Wildman–Crippen LogP) is 6.78. The van der Waals surface area contributed by atoms with Gasteiger partial charge in [-0.2, -0.15) is 0 Å². The van der Waals surface area contributed by atoms with Crippen LogP contribution >= 0.6 is 46.4 Å². The summed E-state index contributed by atoms with van der Waals surface area (Å²) in [6.45, 7) is 1.79. The lowest BCUT2D eigenvalue weighted by atomic mass is 10.1. The molecule has 3 rings (SSSR count). The van der Waals surface area contributed by atoms with Gasteiger partial charge in [0.1, 0.15) is 10.2 Å². The van der Waals surface area contributed by atoms with Crippen LogP contribution in [0.5, 0.6) is 0 Å². The van der Waals surface area contributed by atoms with Gasteiger partial charge in [0.15, 0.2) is 11.6 Å². The van der Waals surface area contributed by atoms with Crippen molar-refractivity contribution in [2.45, 2.75) is 30.0 Å². The molecule has 2 unspecified atom stereocenters. The lowest BCUT2D eigenvalue weighted by Crippen LogP contribution is -2.18. The zero-order chi connectivity index (χ0) is 21.5. The maximum absolute atomic E-state index is 14.2. The molecule has 0 bridgehead atoms. The number of nitrogens with one attached hydrogen (secondary N) is 1. The Morgan fingerprint density at radius 2 is 1.79 bits per heavy atom. The van der Waals surface area contributed by atoms with Crippen LogP contribution in [0.3, 0.4) is 0 Å². The Labute approximate surface area is 186 Å². The number of amides is 1. The summed E-state index contributed by atoms with van der Waals surface area (Å²) in [6.07, 6.45) is 0.685. The molecule has 29 heavy (non-hydrogen) atoms. The molecule has 2 aromatic carbocycles. The van der Waals surface area contributed by atoms with Crippen molar-refractivity contribution >= 4 is 63.8 Å². The first-order valence-corrected chi connectivity index (χ1v) is 10.2. The number of hydrogen-bond donors (Lipinski definition) is 1. The third-order valence-corrected chi connectivity index (χ3v) is 6.22. The first kappa shape index (κ1) is 22.3. The van der Waals surface area contributed by atoms with Gasteiger partial charge >= 0.3 is 0 Å². The maximum Gasteiger partial charge on any atom is 0.231 e. The van der Waals surface area contributed by atoms with Crippen LogP contribution in [0.4, 0.5) is 14.5 Å². The summed E-state index contributed by atoms with van der Waals surface area (Å²) in [4.78, 5) is 24.8. The van der Waals surface area contributed by atoms with E-state index in [9.17, 15) is 18.4 Å². The molecule has 0 aliphatic heterocycles. The van der Waals surface area contributed by atoms with Gasteiger partial charge in [0.2, 0.25) is 5.91 Å². The van der Waals surface area contributed by atoms with Crippen LogP contribution < -0.4 is 5.32 Å². The van der Waals surface area contributed by atoms with Crippen LogP contribution in [0.1, 0.15) is 41.6 Å². The monoisotopic (exact) mass is 479 g/mol. The Balaban J connectivity index is 1.83. The molecule has 154 valence electrons. The van der Waals surface area contributed by atoms with Crippen molar-refractivity contribution in [3.05, 3.63) is 63.1 Å². The largest absolute Gasteiger partial charge is 0.326 e. The third-order valence-electron chi connectivity index (χ3n) is 4.71. The van der Waals surface area contributed by atoms with Crippen molar-refractivity contribution in [2.24, 2.45) is 5.92 Å². The zero-order valence-corrected chi connectivity index (χ0v) is 18.1.